The van der Waals surface area contributed by atoms with Gasteiger partial charge in [-0.05, 0) is 34.7 Å². The van der Waals surface area contributed by atoms with Gasteiger partial charge in [0.05, 0.1) is 10.9 Å². The molecule has 28 heavy (non-hydrogen) atoms. The van der Waals surface area contributed by atoms with Crippen LogP contribution in [0.25, 0.3) is 10.8 Å². The van der Waals surface area contributed by atoms with Crippen molar-refractivity contribution in [3.63, 3.8) is 0 Å². The van der Waals surface area contributed by atoms with Gasteiger partial charge in [-0.2, -0.15) is 0 Å². The lowest BCUT2D eigenvalue weighted by atomic mass is 10.00. The molecule has 2 N–H and O–H groups in total. The molecular formula is C21H20N2O4S. The lowest BCUT2D eigenvalue weighted by Gasteiger charge is -2.16. The third kappa shape index (κ3) is 4.95. The number of benzene rings is 2. The molecule has 0 saturated heterocycles. The zero-order chi connectivity index (χ0) is 19.9. The van der Waals surface area contributed by atoms with Gasteiger partial charge in [-0.3, -0.25) is 14.4 Å². The van der Waals surface area contributed by atoms with Crippen molar-refractivity contribution in [1.82, 2.24) is 10.6 Å². The Morgan fingerprint density at radius 3 is 2.61 bits per heavy atom. The third-order valence-electron chi connectivity index (χ3n) is 4.17. The molecule has 7 heteroatoms. The number of fused-ring (bicyclic) bond motifs is 1. The summed E-state index contributed by atoms with van der Waals surface area (Å²) in [6.45, 7) is 1.19. The molecule has 3 rings (SSSR count). The van der Waals surface area contributed by atoms with Crippen LogP contribution in [-0.2, 0) is 14.3 Å². The van der Waals surface area contributed by atoms with E-state index in [0.29, 0.717) is 4.88 Å². The predicted octanol–water partition coefficient (Wildman–Crippen LogP) is 3.05. The van der Waals surface area contributed by atoms with Gasteiger partial charge in [0.2, 0.25) is 0 Å². The zero-order valence-corrected chi connectivity index (χ0v) is 16.1. The fraction of sp³-hybridized carbons (Fsp3) is 0.190. The van der Waals surface area contributed by atoms with Gasteiger partial charge in [0.25, 0.3) is 11.8 Å². The number of esters is 1. The van der Waals surface area contributed by atoms with Crippen LogP contribution in [0.5, 0.6) is 0 Å². The molecule has 0 saturated carbocycles. The lowest BCUT2D eigenvalue weighted by molar-refractivity contribution is -0.147. The number of carbonyl (C=O) groups excluding carboxylic acids is 3. The van der Waals surface area contributed by atoms with E-state index in [4.69, 9.17) is 4.74 Å². The average Bonchev–Trinajstić information content (AvgIpc) is 3.25. The van der Waals surface area contributed by atoms with E-state index in [-0.39, 0.29) is 18.5 Å². The minimum absolute atomic E-state index is 0.240. The molecule has 1 atom stereocenters. The Bertz CT molecular complexity index is 980. The number of thiophene rings is 1. The van der Waals surface area contributed by atoms with Crippen molar-refractivity contribution in [2.75, 3.05) is 13.2 Å². The maximum absolute atomic E-state index is 12.1. The summed E-state index contributed by atoms with van der Waals surface area (Å²) in [4.78, 5) is 36.1. The van der Waals surface area contributed by atoms with Gasteiger partial charge in [0.15, 0.2) is 6.61 Å². The van der Waals surface area contributed by atoms with Gasteiger partial charge in [-0.1, -0.05) is 48.5 Å². The first kappa shape index (κ1) is 19.6. The van der Waals surface area contributed by atoms with Crippen LogP contribution in [0.1, 0.15) is 28.2 Å². The predicted molar refractivity (Wildman–Crippen MR) is 108 cm³/mol. The maximum Gasteiger partial charge on any atom is 0.325 e. The van der Waals surface area contributed by atoms with Gasteiger partial charge < -0.3 is 15.4 Å². The van der Waals surface area contributed by atoms with E-state index in [0.717, 1.165) is 16.3 Å². The fourth-order valence-electron chi connectivity index (χ4n) is 2.83. The van der Waals surface area contributed by atoms with E-state index < -0.39 is 18.5 Å². The molecule has 6 nitrogen and oxygen atoms in total. The maximum atomic E-state index is 12.1. The smallest absolute Gasteiger partial charge is 0.325 e. The SMILES string of the molecule is C[C@@H](NC(=O)COC(=O)CNC(=O)c1cccs1)c1cccc2ccccc12. The molecule has 0 aliphatic rings. The largest absolute Gasteiger partial charge is 0.454 e. The molecule has 0 radical (unpaired) electrons. The summed E-state index contributed by atoms with van der Waals surface area (Å²) in [5, 5.41) is 9.22. The van der Waals surface area contributed by atoms with E-state index in [1.807, 2.05) is 49.4 Å². The molecule has 0 fully saturated rings. The normalized spacial score (nSPS) is 11.6. The van der Waals surface area contributed by atoms with Crippen molar-refractivity contribution in [3.8, 4) is 0 Å². The topological polar surface area (TPSA) is 84.5 Å². The minimum atomic E-state index is -0.669. The Labute approximate surface area is 166 Å². The van der Waals surface area contributed by atoms with Crippen LogP contribution >= 0.6 is 11.3 Å². The second kappa shape index (κ2) is 9.14. The quantitative estimate of drug-likeness (QED) is 0.601. The van der Waals surface area contributed by atoms with Gasteiger partial charge in [-0.15, -0.1) is 11.3 Å². The highest BCUT2D eigenvalue weighted by Gasteiger charge is 2.15. The van der Waals surface area contributed by atoms with Gasteiger partial charge in [0, 0.05) is 0 Å². The third-order valence-corrected chi connectivity index (χ3v) is 5.04. The first-order chi connectivity index (χ1) is 13.5. The molecular weight excluding hydrogens is 376 g/mol. The summed E-state index contributed by atoms with van der Waals surface area (Å²) in [7, 11) is 0. The molecule has 3 aromatic rings. The Kier molecular flexibility index (Phi) is 6.39. The molecule has 0 unspecified atom stereocenters. The zero-order valence-electron chi connectivity index (χ0n) is 15.3. The lowest BCUT2D eigenvalue weighted by Crippen LogP contribution is -2.34. The molecule has 0 aliphatic heterocycles. The number of rotatable bonds is 7. The van der Waals surface area contributed by atoms with Crippen LogP contribution in [0, 0.1) is 0 Å². The van der Waals surface area contributed by atoms with Crippen molar-refractivity contribution < 1.29 is 19.1 Å². The van der Waals surface area contributed by atoms with E-state index in [1.165, 1.54) is 11.3 Å². The Morgan fingerprint density at radius 1 is 1.04 bits per heavy atom. The van der Waals surface area contributed by atoms with Crippen LogP contribution in [0.3, 0.4) is 0 Å². The molecule has 1 heterocycles. The number of hydrogen-bond donors (Lipinski definition) is 2. The molecule has 2 aromatic carbocycles. The molecule has 0 aliphatic carbocycles. The van der Waals surface area contributed by atoms with Crippen molar-refractivity contribution in [2.24, 2.45) is 0 Å². The Hall–Kier alpha value is -3.19. The summed E-state index contributed by atoms with van der Waals surface area (Å²) in [5.74, 6) is -1.42. The van der Waals surface area contributed by atoms with Crippen molar-refractivity contribution in [2.45, 2.75) is 13.0 Å². The first-order valence-corrected chi connectivity index (χ1v) is 9.67. The Morgan fingerprint density at radius 2 is 1.82 bits per heavy atom. The number of ether oxygens (including phenoxy) is 1. The van der Waals surface area contributed by atoms with Gasteiger partial charge in [-0.25, -0.2) is 0 Å². The number of amides is 2. The standard InChI is InChI=1S/C21H20N2O4S/c1-14(16-9-4-7-15-6-2-3-8-17(15)16)23-19(24)13-27-20(25)12-22-21(26)18-10-5-11-28-18/h2-11,14H,12-13H2,1H3,(H,22,26)(H,23,24)/t14-/m1/s1. The summed E-state index contributed by atoms with van der Waals surface area (Å²) in [6, 6.07) is 17.0. The highest BCUT2D eigenvalue weighted by atomic mass is 32.1. The van der Waals surface area contributed by atoms with E-state index >= 15 is 0 Å². The van der Waals surface area contributed by atoms with E-state index in [1.54, 1.807) is 17.5 Å². The summed E-state index contributed by atoms with van der Waals surface area (Å²) < 4.78 is 4.93. The molecule has 0 spiro atoms. The van der Waals surface area contributed by atoms with Gasteiger partial charge in [0.1, 0.15) is 6.54 Å². The highest BCUT2D eigenvalue weighted by molar-refractivity contribution is 7.12. The van der Waals surface area contributed by atoms with Crippen LogP contribution in [0.2, 0.25) is 0 Å². The van der Waals surface area contributed by atoms with E-state index in [2.05, 4.69) is 10.6 Å². The number of carbonyl (C=O) groups is 3. The summed E-state index contributed by atoms with van der Waals surface area (Å²) >= 11 is 1.28. The molecule has 1 aromatic heterocycles. The van der Waals surface area contributed by atoms with Crippen molar-refractivity contribution in [1.29, 1.82) is 0 Å². The molecule has 2 amide bonds. The van der Waals surface area contributed by atoms with Crippen LogP contribution in [-0.4, -0.2) is 30.9 Å². The van der Waals surface area contributed by atoms with Gasteiger partial charge >= 0.3 is 5.97 Å². The van der Waals surface area contributed by atoms with E-state index in [9.17, 15) is 14.4 Å². The minimum Gasteiger partial charge on any atom is -0.454 e. The van der Waals surface area contributed by atoms with Crippen LogP contribution < -0.4 is 10.6 Å². The number of hydrogen-bond acceptors (Lipinski definition) is 5. The van der Waals surface area contributed by atoms with Crippen molar-refractivity contribution in [3.05, 3.63) is 70.4 Å². The molecule has 0 bridgehead atoms. The second-order valence-corrected chi connectivity index (χ2v) is 7.13. The highest BCUT2D eigenvalue weighted by Crippen LogP contribution is 2.23. The Balaban J connectivity index is 1.47. The summed E-state index contributed by atoms with van der Waals surface area (Å²) in [5.41, 5.74) is 0.987. The first-order valence-electron chi connectivity index (χ1n) is 8.79. The monoisotopic (exact) mass is 396 g/mol. The fourth-order valence-corrected chi connectivity index (χ4v) is 3.47. The second-order valence-electron chi connectivity index (χ2n) is 6.18. The number of nitrogens with one attached hydrogen (secondary N) is 2. The molecule has 144 valence electrons. The summed E-state index contributed by atoms with van der Waals surface area (Å²) in [6.07, 6.45) is 0. The average molecular weight is 396 g/mol. The van der Waals surface area contributed by atoms with Crippen LogP contribution in [0.4, 0.5) is 0 Å². The van der Waals surface area contributed by atoms with Crippen LogP contribution in [0.15, 0.2) is 60.0 Å². The van der Waals surface area contributed by atoms with Crippen molar-refractivity contribution >= 4 is 39.9 Å².